The third-order valence-corrected chi connectivity index (χ3v) is 4.99. The van der Waals surface area contributed by atoms with Crippen molar-refractivity contribution < 1.29 is 9.59 Å². The first-order valence-electron chi connectivity index (χ1n) is 8.12. The van der Waals surface area contributed by atoms with Crippen molar-refractivity contribution in [2.75, 3.05) is 5.32 Å². The number of carbonyl (C=O) groups is 2. The van der Waals surface area contributed by atoms with Gasteiger partial charge in [-0.25, -0.2) is 0 Å². The van der Waals surface area contributed by atoms with Crippen molar-refractivity contribution in [3.63, 3.8) is 0 Å². The quantitative estimate of drug-likeness (QED) is 0.798. The molecule has 6 heteroatoms. The van der Waals surface area contributed by atoms with Gasteiger partial charge in [-0.2, -0.15) is 11.3 Å². The molecular formula is C18H21N3O2S. The highest BCUT2D eigenvalue weighted by molar-refractivity contribution is 7.08. The van der Waals surface area contributed by atoms with Gasteiger partial charge in [-0.1, -0.05) is 12.1 Å². The molecule has 0 spiro atoms. The van der Waals surface area contributed by atoms with Crippen LogP contribution in [-0.2, 0) is 0 Å². The largest absolute Gasteiger partial charge is 0.349 e. The van der Waals surface area contributed by atoms with E-state index in [0.29, 0.717) is 16.8 Å². The molecule has 3 rings (SSSR count). The molecule has 2 amide bonds. The van der Waals surface area contributed by atoms with Gasteiger partial charge in [0.2, 0.25) is 0 Å². The number of hydrogen-bond acceptors (Lipinski definition) is 4. The maximum atomic E-state index is 12.6. The van der Waals surface area contributed by atoms with Crippen molar-refractivity contribution in [3.8, 4) is 0 Å². The standard InChI is InChI=1S/C18H21N3O2S/c19-13-5-7-14(8-6-13)20-18(23)15-3-1-2-4-16(15)21-17(22)12-9-10-24-11-12/h1-4,9-11,13-14H,5-8,19H2,(H,20,23)(H,21,22). The average Bonchev–Trinajstić information content (AvgIpc) is 3.12. The van der Waals surface area contributed by atoms with E-state index < -0.39 is 0 Å². The Morgan fingerprint density at radius 2 is 1.79 bits per heavy atom. The van der Waals surface area contributed by atoms with Crippen LogP contribution >= 0.6 is 11.3 Å². The van der Waals surface area contributed by atoms with Gasteiger partial charge in [0.05, 0.1) is 16.8 Å². The summed E-state index contributed by atoms with van der Waals surface area (Å²) in [6.45, 7) is 0. The van der Waals surface area contributed by atoms with Crippen molar-refractivity contribution >= 4 is 28.8 Å². The van der Waals surface area contributed by atoms with Gasteiger partial charge in [0.15, 0.2) is 0 Å². The maximum Gasteiger partial charge on any atom is 0.256 e. The minimum absolute atomic E-state index is 0.151. The number of thiophene rings is 1. The number of hydrogen-bond donors (Lipinski definition) is 3. The Labute approximate surface area is 145 Å². The summed E-state index contributed by atoms with van der Waals surface area (Å²) in [5.41, 5.74) is 7.51. The highest BCUT2D eigenvalue weighted by Crippen LogP contribution is 2.20. The molecular weight excluding hydrogens is 322 g/mol. The minimum atomic E-state index is -0.208. The van der Waals surface area contributed by atoms with Gasteiger partial charge in [-0.05, 0) is 49.3 Å². The predicted octanol–water partition coefficient (Wildman–Crippen LogP) is 3.00. The lowest BCUT2D eigenvalue weighted by molar-refractivity contribution is 0.0927. The minimum Gasteiger partial charge on any atom is -0.349 e. The molecule has 1 aliphatic rings. The van der Waals surface area contributed by atoms with Crippen LogP contribution in [0.4, 0.5) is 5.69 Å². The fourth-order valence-electron chi connectivity index (χ4n) is 2.90. The van der Waals surface area contributed by atoms with Gasteiger partial charge in [-0.15, -0.1) is 0 Å². The number of nitrogens with two attached hydrogens (primary N) is 1. The van der Waals surface area contributed by atoms with Crippen molar-refractivity contribution in [1.29, 1.82) is 0 Å². The third-order valence-electron chi connectivity index (χ3n) is 4.31. The second-order valence-electron chi connectivity index (χ2n) is 6.10. The molecule has 0 atom stereocenters. The van der Waals surface area contributed by atoms with Crippen LogP contribution in [0.15, 0.2) is 41.1 Å². The van der Waals surface area contributed by atoms with Crippen molar-refractivity contribution in [3.05, 3.63) is 52.2 Å². The summed E-state index contributed by atoms with van der Waals surface area (Å²) < 4.78 is 0. The smallest absolute Gasteiger partial charge is 0.256 e. The number of anilines is 1. The third kappa shape index (κ3) is 4.01. The normalized spacial score (nSPS) is 20.4. The summed E-state index contributed by atoms with van der Waals surface area (Å²) >= 11 is 1.46. The molecule has 126 valence electrons. The van der Waals surface area contributed by atoms with Gasteiger partial charge in [0, 0.05) is 17.5 Å². The van der Waals surface area contributed by atoms with Crippen LogP contribution in [0.25, 0.3) is 0 Å². The van der Waals surface area contributed by atoms with Crippen molar-refractivity contribution in [1.82, 2.24) is 5.32 Å². The Morgan fingerprint density at radius 3 is 2.50 bits per heavy atom. The molecule has 1 aromatic carbocycles. The van der Waals surface area contributed by atoms with Crippen LogP contribution in [0.5, 0.6) is 0 Å². The topological polar surface area (TPSA) is 84.2 Å². The molecule has 2 aromatic rings. The van der Waals surface area contributed by atoms with Crippen LogP contribution in [0.2, 0.25) is 0 Å². The van der Waals surface area contributed by atoms with E-state index in [2.05, 4.69) is 10.6 Å². The van der Waals surface area contributed by atoms with Crippen LogP contribution in [0.1, 0.15) is 46.4 Å². The lowest BCUT2D eigenvalue weighted by atomic mass is 9.91. The molecule has 0 aliphatic heterocycles. The zero-order valence-electron chi connectivity index (χ0n) is 13.3. The molecule has 4 N–H and O–H groups in total. The maximum absolute atomic E-state index is 12.6. The number of nitrogens with one attached hydrogen (secondary N) is 2. The number of para-hydroxylation sites is 1. The molecule has 1 heterocycles. The Balaban J connectivity index is 1.69. The van der Waals surface area contributed by atoms with E-state index in [4.69, 9.17) is 5.73 Å². The molecule has 24 heavy (non-hydrogen) atoms. The van der Waals surface area contributed by atoms with Gasteiger partial charge in [0.1, 0.15) is 0 Å². The van der Waals surface area contributed by atoms with E-state index >= 15 is 0 Å². The molecule has 0 saturated heterocycles. The molecule has 1 saturated carbocycles. The van der Waals surface area contributed by atoms with E-state index in [1.165, 1.54) is 11.3 Å². The Kier molecular flexibility index (Phi) is 5.27. The molecule has 1 aromatic heterocycles. The van der Waals surface area contributed by atoms with Crippen molar-refractivity contribution in [2.24, 2.45) is 5.73 Å². The average molecular weight is 343 g/mol. The number of benzene rings is 1. The second kappa shape index (κ2) is 7.59. The summed E-state index contributed by atoms with van der Waals surface area (Å²) in [5.74, 6) is -0.364. The zero-order valence-corrected chi connectivity index (χ0v) is 14.1. The van der Waals surface area contributed by atoms with Gasteiger partial charge in [0.25, 0.3) is 11.8 Å². The highest BCUT2D eigenvalue weighted by atomic mass is 32.1. The van der Waals surface area contributed by atoms with E-state index in [1.807, 2.05) is 5.38 Å². The zero-order chi connectivity index (χ0) is 16.9. The summed E-state index contributed by atoms with van der Waals surface area (Å²) in [7, 11) is 0. The molecule has 0 unspecified atom stereocenters. The summed E-state index contributed by atoms with van der Waals surface area (Å²) in [6.07, 6.45) is 3.66. The van der Waals surface area contributed by atoms with E-state index in [1.54, 1.807) is 35.7 Å². The Bertz CT molecular complexity index is 707. The molecule has 0 bridgehead atoms. The lowest BCUT2D eigenvalue weighted by Gasteiger charge is -2.27. The summed E-state index contributed by atoms with van der Waals surface area (Å²) in [6, 6.07) is 9.23. The first kappa shape index (κ1) is 16.7. The van der Waals surface area contributed by atoms with Gasteiger partial charge in [-0.3, -0.25) is 9.59 Å². The Morgan fingerprint density at radius 1 is 1.04 bits per heavy atom. The predicted molar refractivity (Wildman–Crippen MR) is 96.4 cm³/mol. The van der Waals surface area contributed by atoms with Crippen LogP contribution in [0.3, 0.4) is 0 Å². The molecule has 1 fully saturated rings. The van der Waals surface area contributed by atoms with Crippen LogP contribution < -0.4 is 16.4 Å². The van der Waals surface area contributed by atoms with E-state index in [0.717, 1.165) is 25.7 Å². The fraction of sp³-hybridized carbons (Fsp3) is 0.333. The number of carbonyl (C=O) groups excluding carboxylic acids is 2. The van der Waals surface area contributed by atoms with Gasteiger partial charge >= 0.3 is 0 Å². The number of amides is 2. The van der Waals surface area contributed by atoms with Crippen molar-refractivity contribution in [2.45, 2.75) is 37.8 Å². The SMILES string of the molecule is NC1CCC(NC(=O)c2ccccc2NC(=O)c2ccsc2)CC1. The monoisotopic (exact) mass is 343 g/mol. The van der Waals surface area contributed by atoms with E-state index in [-0.39, 0.29) is 23.9 Å². The first-order valence-corrected chi connectivity index (χ1v) is 9.07. The van der Waals surface area contributed by atoms with E-state index in [9.17, 15) is 9.59 Å². The number of rotatable bonds is 4. The Hall–Kier alpha value is -2.18. The molecule has 0 radical (unpaired) electrons. The fourth-order valence-corrected chi connectivity index (χ4v) is 3.54. The van der Waals surface area contributed by atoms with Crippen LogP contribution in [-0.4, -0.2) is 23.9 Å². The first-order chi connectivity index (χ1) is 11.6. The van der Waals surface area contributed by atoms with Gasteiger partial charge < -0.3 is 16.4 Å². The second-order valence-corrected chi connectivity index (χ2v) is 6.88. The highest BCUT2D eigenvalue weighted by Gasteiger charge is 2.22. The summed E-state index contributed by atoms with van der Waals surface area (Å²) in [4.78, 5) is 24.8. The molecule has 5 nitrogen and oxygen atoms in total. The summed E-state index contributed by atoms with van der Waals surface area (Å²) in [5, 5.41) is 9.51. The molecule has 1 aliphatic carbocycles. The lowest BCUT2D eigenvalue weighted by Crippen LogP contribution is -2.40. The van der Waals surface area contributed by atoms with Crippen LogP contribution in [0, 0.1) is 0 Å².